The number of carbonyl (C=O) groups excluding carboxylic acids is 1. The summed E-state index contributed by atoms with van der Waals surface area (Å²) in [5, 5.41) is 4.26. The van der Waals surface area contributed by atoms with Gasteiger partial charge in [-0.2, -0.15) is 0 Å². The quantitative estimate of drug-likeness (QED) is 0.560. The van der Waals surface area contributed by atoms with Gasteiger partial charge in [-0.15, -0.1) is 0 Å². The lowest BCUT2D eigenvalue weighted by molar-refractivity contribution is 0.0992. The van der Waals surface area contributed by atoms with Gasteiger partial charge in [0.1, 0.15) is 0 Å². The van der Waals surface area contributed by atoms with Crippen molar-refractivity contribution in [1.29, 1.82) is 0 Å². The largest absolute Gasteiger partial charge is 0.332 e. The van der Waals surface area contributed by atoms with Crippen molar-refractivity contribution in [1.82, 2.24) is 24.8 Å². The van der Waals surface area contributed by atoms with Gasteiger partial charge in [0.2, 0.25) is 0 Å². The van der Waals surface area contributed by atoms with Crippen LogP contribution < -0.4 is 5.32 Å². The van der Waals surface area contributed by atoms with Gasteiger partial charge in [0.25, 0.3) is 0 Å². The predicted molar refractivity (Wildman–Crippen MR) is 107 cm³/mol. The molecule has 6 nitrogen and oxygen atoms in total. The lowest BCUT2D eigenvalue weighted by Crippen LogP contribution is -2.06. The van der Waals surface area contributed by atoms with Gasteiger partial charge in [-0.1, -0.05) is 12.1 Å². The van der Waals surface area contributed by atoms with Crippen molar-refractivity contribution in [2.24, 2.45) is 7.05 Å². The topological polar surface area (TPSA) is 72.7 Å². The maximum absolute atomic E-state index is 12.8. The Bertz CT molecular complexity index is 1210. The number of pyridine rings is 2. The summed E-state index contributed by atoms with van der Waals surface area (Å²) in [6.07, 6.45) is 5.59. The Morgan fingerprint density at radius 3 is 2.86 bits per heavy atom. The number of nitrogens with one attached hydrogen (secondary N) is 1. The third kappa shape index (κ3) is 2.97. The van der Waals surface area contributed by atoms with E-state index in [1.165, 1.54) is 11.1 Å². The molecule has 1 aliphatic rings. The highest BCUT2D eigenvalue weighted by Crippen LogP contribution is 2.22. The van der Waals surface area contributed by atoms with Crippen molar-refractivity contribution in [3.8, 4) is 11.4 Å². The maximum atomic E-state index is 12.8. The molecule has 0 unspecified atom stereocenters. The third-order valence-electron chi connectivity index (χ3n) is 5.21. The van der Waals surface area contributed by atoms with Crippen LogP contribution in [0.25, 0.3) is 22.3 Å². The van der Waals surface area contributed by atoms with E-state index in [1.807, 2.05) is 48.0 Å². The first-order chi connectivity index (χ1) is 13.7. The van der Waals surface area contributed by atoms with Gasteiger partial charge in [0, 0.05) is 37.3 Å². The normalized spacial score (nSPS) is 13.0. The number of rotatable bonds is 4. The Morgan fingerprint density at radius 1 is 1.11 bits per heavy atom. The minimum Gasteiger partial charge on any atom is -0.332 e. The number of ketones is 1. The van der Waals surface area contributed by atoms with Gasteiger partial charge in [0.05, 0.1) is 41.5 Å². The molecule has 1 N–H and O–H groups in total. The summed E-state index contributed by atoms with van der Waals surface area (Å²) in [5.74, 6) is 0.0735. The van der Waals surface area contributed by atoms with Crippen LogP contribution >= 0.6 is 0 Å². The van der Waals surface area contributed by atoms with E-state index in [2.05, 4.69) is 15.3 Å². The van der Waals surface area contributed by atoms with Crippen molar-refractivity contribution >= 4 is 16.7 Å². The van der Waals surface area contributed by atoms with E-state index in [0.717, 1.165) is 46.6 Å². The molecule has 4 heterocycles. The first kappa shape index (κ1) is 16.8. The number of hydrogen-bond acceptors (Lipinski definition) is 5. The number of hydrogen-bond donors (Lipinski definition) is 1. The molecule has 0 amide bonds. The molecule has 0 fully saturated rings. The Morgan fingerprint density at radius 2 is 2.00 bits per heavy atom. The van der Waals surface area contributed by atoms with Crippen LogP contribution in [0.4, 0.5) is 0 Å². The van der Waals surface area contributed by atoms with Crippen LogP contribution in [0.3, 0.4) is 0 Å². The molecule has 0 spiro atoms. The highest BCUT2D eigenvalue weighted by molar-refractivity contribution is 5.98. The van der Waals surface area contributed by atoms with E-state index < -0.39 is 0 Å². The molecule has 3 aromatic heterocycles. The molecule has 5 rings (SSSR count). The first-order valence-electron chi connectivity index (χ1n) is 9.25. The second-order valence-electron chi connectivity index (χ2n) is 7.14. The molecule has 0 saturated carbocycles. The smallest absolute Gasteiger partial charge is 0.168 e. The minimum atomic E-state index is 0.0735. The van der Waals surface area contributed by atoms with Crippen LogP contribution in [0.15, 0.2) is 55.1 Å². The van der Waals surface area contributed by atoms with Crippen molar-refractivity contribution in [2.45, 2.75) is 19.5 Å². The van der Waals surface area contributed by atoms with E-state index in [-0.39, 0.29) is 12.2 Å². The summed E-state index contributed by atoms with van der Waals surface area (Å²) >= 11 is 0. The average molecular weight is 369 g/mol. The maximum Gasteiger partial charge on any atom is 0.168 e. The fourth-order valence-electron chi connectivity index (χ4n) is 3.64. The molecule has 1 aromatic carbocycles. The average Bonchev–Trinajstić information content (AvgIpc) is 3.35. The Hall–Kier alpha value is -3.38. The molecule has 0 bridgehead atoms. The Balaban J connectivity index is 1.44. The van der Waals surface area contributed by atoms with Crippen LogP contribution in [0.1, 0.15) is 27.2 Å². The van der Waals surface area contributed by atoms with Gasteiger partial charge >= 0.3 is 0 Å². The number of nitrogens with zero attached hydrogens (tertiary/aromatic N) is 4. The van der Waals surface area contributed by atoms with E-state index >= 15 is 0 Å². The lowest BCUT2D eigenvalue weighted by atomic mass is 10.0. The number of aromatic nitrogens is 4. The molecular weight excluding hydrogens is 350 g/mol. The number of benzene rings is 1. The van der Waals surface area contributed by atoms with E-state index in [9.17, 15) is 4.79 Å². The zero-order chi connectivity index (χ0) is 19.1. The van der Waals surface area contributed by atoms with Crippen LogP contribution in [0.5, 0.6) is 0 Å². The Labute approximate surface area is 162 Å². The van der Waals surface area contributed by atoms with Crippen molar-refractivity contribution in [2.75, 3.05) is 0 Å². The van der Waals surface area contributed by atoms with Crippen LogP contribution in [-0.4, -0.2) is 25.3 Å². The monoisotopic (exact) mass is 369 g/mol. The van der Waals surface area contributed by atoms with Crippen LogP contribution in [0, 0.1) is 0 Å². The summed E-state index contributed by atoms with van der Waals surface area (Å²) in [4.78, 5) is 26.1. The lowest BCUT2D eigenvalue weighted by Gasteiger charge is -2.06. The molecule has 1 aliphatic heterocycles. The minimum absolute atomic E-state index is 0.0735. The molecule has 0 aliphatic carbocycles. The highest BCUT2D eigenvalue weighted by Gasteiger charge is 2.15. The fraction of sp³-hybridized carbons (Fsp3) is 0.182. The molecular formula is C22H19N5O. The third-order valence-corrected chi connectivity index (χ3v) is 5.21. The Kier molecular flexibility index (Phi) is 3.98. The van der Waals surface area contributed by atoms with Gasteiger partial charge in [-0.25, -0.2) is 9.97 Å². The molecule has 28 heavy (non-hydrogen) atoms. The molecule has 138 valence electrons. The molecule has 0 saturated heterocycles. The van der Waals surface area contributed by atoms with Gasteiger partial charge in [-0.3, -0.25) is 9.78 Å². The standard InChI is InChI=1S/C22H19N5O/c1-27-13-24-12-21(27)19-5-4-16-11-25-18(7-20(16)26-19)8-22(28)14-2-3-15-9-23-10-17(15)6-14/h2-7,11-13,23H,8-10H2,1H3. The summed E-state index contributed by atoms with van der Waals surface area (Å²) in [5.41, 5.74) is 6.57. The summed E-state index contributed by atoms with van der Waals surface area (Å²) in [6, 6.07) is 11.8. The number of fused-ring (bicyclic) bond motifs is 2. The number of imidazole rings is 1. The predicted octanol–water partition coefficient (Wildman–Crippen LogP) is 3.06. The summed E-state index contributed by atoms with van der Waals surface area (Å²) in [7, 11) is 1.94. The SMILES string of the molecule is Cn1cncc1-c1ccc2cnc(CC(=O)c3ccc4c(c3)CNC4)cc2n1. The van der Waals surface area contributed by atoms with Crippen molar-refractivity contribution < 1.29 is 4.79 Å². The van der Waals surface area contributed by atoms with Crippen molar-refractivity contribution in [3.63, 3.8) is 0 Å². The molecule has 6 heteroatoms. The highest BCUT2D eigenvalue weighted by atomic mass is 16.1. The molecule has 4 aromatic rings. The second kappa shape index (κ2) is 6.65. The second-order valence-corrected chi connectivity index (χ2v) is 7.14. The van der Waals surface area contributed by atoms with Crippen LogP contribution in [-0.2, 0) is 26.6 Å². The summed E-state index contributed by atoms with van der Waals surface area (Å²) < 4.78 is 1.93. The van der Waals surface area contributed by atoms with Gasteiger partial charge in [0.15, 0.2) is 5.78 Å². The van der Waals surface area contributed by atoms with Crippen molar-refractivity contribution in [3.05, 3.63) is 77.5 Å². The zero-order valence-corrected chi connectivity index (χ0v) is 15.5. The fourth-order valence-corrected chi connectivity index (χ4v) is 3.64. The summed E-state index contributed by atoms with van der Waals surface area (Å²) in [6.45, 7) is 1.70. The van der Waals surface area contributed by atoms with E-state index in [4.69, 9.17) is 4.98 Å². The molecule has 0 atom stereocenters. The number of Topliss-reactive ketones (excluding diaryl/α,β-unsaturated/α-hetero) is 1. The zero-order valence-electron chi connectivity index (χ0n) is 15.5. The molecule has 0 radical (unpaired) electrons. The van der Waals surface area contributed by atoms with Crippen LogP contribution in [0.2, 0.25) is 0 Å². The number of carbonyl (C=O) groups is 1. The first-order valence-corrected chi connectivity index (χ1v) is 9.25. The van der Waals surface area contributed by atoms with Gasteiger partial charge in [-0.05, 0) is 35.4 Å². The number of aryl methyl sites for hydroxylation is 1. The van der Waals surface area contributed by atoms with E-state index in [0.29, 0.717) is 0 Å². The van der Waals surface area contributed by atoms with Gasteiger partial charge < -0.3 is 9.88 Å². The van der Waals surface area contributed by atoms with E-state index in [1.54, 1.807) is 18.7 Å².